The number of rotatable bonds is 7. The van der Waals surface area contributed by atoms with Crippen LogP contribution in [0, 0.1) is 5.82 Å². The van der Waals surface area contributed by atoms with Gasteiger partial charge in [0.05, 0.1) is 21.3 Å². The monoisotopic (exact) mass is 408 g/mol. The van der Waals surface area contributed by atoms with Crippen LogP contribution in [0.2, 0.25) is 0 Å². The van der Waals surface area contributed by atoms with E-state index in [1.807, 2.05) is 28.8 Å². The van der Waals surface area contributed by atoms with Gasteiger partial charge in [-0.05, 0) is 35.9 Å². The third kappa shape index (κ3) is 3.59. The van der Waals surface area contributed by atoms with Gasteiger partial charge < -0.3 is 19.5 Å². The first kappa shape index (κ1) is 19.5. The third-order valence-corrected chi connectivity index (χ3v) is 4.72. The summed E-state index contributed by atoms with van der Waals surface area (Å²) in [6.45, 7) is 0.487. The van der Waals surface area contributed by atoms with Gasteiger partial charge in [0.15, 0.2) is 11.5 Å². The molecule has 154 valence electrons. The highest BCUT2D eigenvalue weighted by atomic mass is 19.1. The van der Waals surface area contributed by atoms with Crippen LogP contribution in [-0.4, -0.2) is 35.7 Å². The standard InChI is InChI=1S/C22H21FN4O3/c1-28-17-11-15(12-18(29-2)20(17)30-3)19-21(27-10-4-9-24-22(27)26-19)25-13-14-5-7-16(23)8-6-14/h4-12,25H,13H2,1-3H3. The Morgan fingerprint density at radius 3 is 2.33 bits per heavy atom. The van der Waals surface area contributed by atoms with Crippen molar-refractivity contribution < 1.29 is 18.6 Å². The summed E-state index contributed by atoms with van der Waals surface area (Å²) in [6.07, 6.45) is 3.56. The third-order valence-electron chi connectivity index (χ3n) is 4.72. The molecule has 0 unspecified atom stereocenters. The predicted octanol–water partition coefficient (Wildman–Crippen LogP) is 4.17. The Bertz CT molecular complexity index is 1150. The SMILES string of the molecule is COc1cc(-c2nc3ncccn3c2NCc2ccc(F)cc2)cc(OC)c1OC. The van der Waals surface area contributed by atoms with Crippen LogP contribution in [-0.2, 0) is 6.54 Å². The molecule has 7 nitrogen and oxygen atoms in total. The highest BCUT2D eigenvalue weighted by Crippen LogP contribution is 2.42. The normalized spacial score (nSPS) is 10.8. The van der Waals surface area contributed by atoms with Gasteiger partial charge >= 0.3 is 0 Å². The molecule has 0 saturated carbocycles. The highest BCUT2D eigenvalue weighted by molar-refractivity contribution is 5.79. The van der Waals surface area contributed by atoms with Crippen LogP contribution in [0.4, 0.5) is 10.2 Å². The molecule has 0 aliphatic carbocycles. The topological polar surface area (TPSA) is 69.9 Å². The summed E-state index contributed by atoms with van der Waals surface area (Å²) >= 11 is 0. The van der Waals surface area contributed by atoms with E-state index >= 15 is 0 Å². The molecule has 8 heteroatoms. The molecule has 4 aromatic rings. The van der Waals surface area contributed by atoms with Crippen LogP contribution < -0.4 is 19.5 Å². The van der Waals surface area contributed by atoms with Crippen LogP contribution in [0.25, 0.3) is 17.0 Å². The quantitative estimate of drug-likeness (QED) is 0.495. The van der Waals surface area contributed by atoms with E-state index in [2.05, 4.69) is 10.3 Å². The number of imidazole rings is 1. The zero-order valence-electron chi connectivity index (χ0n) is 16.8. The molecule has 0 spiro atoms. The van der Waals surface area contributed by atoms with Gasteiger partial charge in [0.25, 0.3) is 0 Å². The fourth-order valence-corrected chi connectivity index (χ4v) is 3.26. The smallest absolute Gasteiger partial charge is 0.235 e. The number of nitrogens with zero attached hydrogens (tertiary/aromatic N) is 3. The zero-order valence-corrected chi connectivity index (χ0v) is 16.8. The van der Waals surface area contributed by atoms with Crippen LogP contribution in [0.1, 0.15) is 5.56 Å². The summed E-state index contributed by atoms with van der Waals surface area (Å²) in [5.41, 5.74) is 2.39. The number of ether oxygens (including phenoxy) is 3. The summed E-state index contributed by atoms with van der Waals surface area (Å²) in [5, 5.41) is 3.40. The van der Waals surface area contributed by atoms with Crippen LogP contribution in [0.15, 0.2) is 54.9 Å². The maximum absolute atomic E-state index is 13.2. The molecule has 0 bridgehead atoms. The van der Waals surface area contributed by atoms with E-state index in [0.29, 0.717) is 35.3 Å². The van der Waals surface area contributed by atoms with Crippen molar-refractivity contribution >= 4 is 11.6 Å². The highest BCUT2D eigenvalue weighted by Gasteiger charge is 2.20. The number of methoxy groups -OCH3 is 3. The van der Waals surface area contributed by atoms with Crippen LogP contribution in [0.3, 0.4) is 0 Å². The van der Waals surface area contributed by atoms with Crippen molar-refractivity contribution in [1.29, 1.82) is 0 Å². The summed E-state index contributed by atoms with van der Waals surface area (Å²) in [7, 11) is 4.70. The van der Waals surface area contributed by atoms with Crippen LogP contribution >= 0.6 is 0 Å². The van der Waals surface area contributed by atoms with Gasteiger partial charge in [-0.25, -0.2) is 14.4 Å². The van der Waals surface area contributed by atoms with Gasteiger partial charge in [-0.15, -0.1) is 0 Å². The lowest BCUT2D eigenvalue weighted by atomic mass is 10.1. The summed E-state index contributed by atoms with van der Waals surface area (Å²) in [4.78, 5) is 9.04. The Morgan fingerprint density at radius 2 is 1.70 bits per heavy atom. The van der Waals surface area contributed by atoms with E-state index in [4.69, 9.17) is 19.2 Å². The minimum Gasteiger partial charge on any atom is -0.493 e. The molecular formula is C22H21FN4O3. The Kier molecular flexibility index (Phi) is 5.38. The van der Waals surface area contributed by atoms with Crippen molar-refractivity contribution in [3.8, 4) is 28.5 Å². The average molecular weight is 408 g/mol. The summed E-state index contributed by atoms with van der Waals surface area (Å²) in [5.74, 6) is 2.59. The molecule has 0 saturated heterocycles. The zero-order chi connectivity index (χ0) is 21.1. The van der Waals surface area contributed by atoms with Crippen molar-refractivity contribution in [2.45, 2.75) is 6.54 Å². The predicted molar refractivity (Wildman–Crippen MR) is 112 cm³/mol. The molecular weight excluding hydrogens is 387 g/mol. The van der Waals surface area contributed by atoms with E-state index in [1.165, 1.54) is 12.1 Å². The largest absolute Gasteiger partial charge is 0.493 e. The minimum atomic E-state index is -0.268. The second-order valence-electron chi connectivity index (χ2n) is 6.49. The van der Waals surface area contributed by atoms with Gasteiger partial charge in [-0.3, -0.25) is 4.40 Å². The first-order valence-corrected chi connectivity index (χ1v) is 9.26. The Labute approximate surface area is 173 Å². The van der Waals surface area contributed by atoms with Crippen molar-refractivity contribution in [3.63, 3.8) is 0 Å². The molecule has 2 aromatic carbocycles. The van der Waals surface area contributed by atoms with Gasteiger partial charge in [0.1, 0.15) is 17.3 Å². The lowest BCUT2D eigenvalue weighted by molar-refractivity contribution is 0.324. The molecule has 30 heavy (non-hydrogen) atoms. The van der Waals surface area contributed by atoms with E-state index in [-0.39, 0.29) is 5.82 Å². The van der Waals surface area contributed by atoms with Gasteiger partial charge in [0, 0.05) is 24.5 Å². The molecule has 1 N–H and O–H groups in total. The molecule has 2 heterocycles. The number of anilines is 1. The van der Waals surface area contributed by atoms with Crippen molar-refractivity contribution in [2.75, 3.05) is 26.6 Å². The number of aromatic nitrogens is 3. The van der Waals surface area contributed by atoms with Crippen molar-refractivity contribution in [1.82, 2.24) is 14.4 Å². The second-order valence-corrected chi connectivity index (χ2v) is 6.49. The van der Waals surface area contributed by atoms with Gasteiger partial charge in [-0.2, -0.15) is 0 Å². The number of nitrogens with one attached hydrogen (secondary N) is 1. The second kappa shape index (κ2) is 8.28. The van der Waals surface area contributed by atoms with Gasteiger partial charge in [0.2, 0.25) is 11.5 Å². The van der Waals surface area contributed by atoms with E-state index in [1.54, 1.807) is 39.7 Å². The first-order chi connectivity index (χ1) is 14.6. The van der Waals surface area contributed by atoms with E-state index in [0.717, 1.165) is 16.9 Å². The molecule has 2 aromatic heterocycles. The average Bonchev–Trinajstić information content (AvgIpc) is 3.16. The van der Waals surface area contributed by atoms with Crippen molar-refractivity contribution in [2.24, 2.45) is 0 Å². The lowest BCUT2D eigenvalue weighted by Gasteiger charge is -2.14. The van der Waals surface area contributed by atoms with Crippen molar-refractivity contribution in [3.05, 3.63) is 66.2 Å². The van der Waals surface area contributed by atoms with E-state index in [9.17, 15) is 4.39 Å². The molecule has 0 aliphatic rings. The number of fused-ring (bicyclic) bond motifs is 1. The molecule has 0 fully saturated rings. The maximum Gasteiger partial charge on any atom is 0.235 e. The number of halogens is 1. The summed E-state index contributed by atoms with van der Waals surface area (Å²) in [6, 6.07) is 11.9. The maximum atomic E-state index is 13.2. The number of benzene rings is 2. The Balaban J connectivity index is 1.81. The lowest BCUT2D eigenvalue weighted by Crippen LogP contribution is -2.04. The van der Waals surface area contributed by atoms with E-state index < -0.39 is 0 Å². The molecule has 0 radical (unpaired) electrons. The number of hydrogen-bond acceptors (Lipinski definition) is 6. The van der Waals surface area contributed by atoms with Gasteiger partial charge in [-0.1, -0.05) is 12.1 Å². The molecule has 0 amide bonds. The van der Waals surface area contributed by atoms with Crippen LogP contribution in [0.5, 0.6) is 17.2 Å². The molecule has 4 rings (SSSR count). The molecule has 0 atom stereocenters. The fraction of sp³-hybridized carbons (Fsp3) is 0.182. The first-order valence-electron chi connectivity index (χ1n) is 9.26. The molecule has 0 aliphatic heterocycles. The minimum absolute atomic E-state index is 0.268. The summed E-state index contributed by atoms with van der Waals surface area (Å²) < 4.78 is 31.5. The fourth-order valence-electron chi connectivity index (χ4n) is 3.26. The number of hydrogen-bond donors (Lipinski definition) is 1. The Hall–Kier alpha value is -3.81. The Morgan fingerprint density at radius 1 is 1.00 bits per heavy atom.